The van der Waals surface area contributed by atoms with Gasteiger partial charge in [0.2, 0.25) is 0 Å². The molecule has 3 aromatic rings. The van der Waals surface area contributed by atoms with Crippen LogP contribution in [0, 0.1) is 3.57 Å². The molecule has 2 aromatic carbocycles. The van der Waals surface area contributed by atoms with Crippen LogP contribution in [0.4, 0.5) is 0 Å². The SMILES string of the molecule is CCOC(=O)COc1c(Br)cc(/C=N\NC(=O)c2cc3cc(Br)cc(I)c3o2)cc1Br. The van der Waals surface area contributed by atoms with E-state index in [2.05, 4.69) is 80.9 Å². The number of esters is 1. The van der Waals surface area contributed by atoms with Crippen LogP contribution in [0.15, 0.2) is 53.3 Å². The zero-order valence-corrected chi connectivity index (χ0v) is 22.8. The predicted octanol–water partition coefficient (Wildman–Crippen LogP) is 6.03. The van der Waals surface area contributed by atoms with Crippen molar-refractivity contribution in [1.82, 2.24) is 5.43 Å². The van der Waals surface area contributed by atoms with Gasteiger partial charge >= 0.3 is 11.9 Å². The summed E-state index contributed by atoms with van der Waals surface area (Å²) < 4.78 is 19.0. The Hall–Kier alpha value is -1.44. The average Bonchev–Trinajstić information content (AvgIpc) is 3.12. The third-order valence-corrected chi connectivity index (χ3v) is 6.24. The van der Waals surface area contributed by atoms with Gasteiger partial charge in [-0.25, -0.2) is 10.2 Å². The van der Waals surface area contributed by atoms with E-state index in [0.29, 0.717) is 25.8 Å². The van der Waals surface area contributed by atoms with Crippen molar-refractivity contribution < 1.29 is 23.5 Å². The van der Waals surface area contributed by atoms with Crippen molar-refractivity contribution in [3.63, 3.8) is 0 Å². The fourth-order valence-electron chi connectivity index (χ4n) is 2.53. The van der Waals surface area contributed by atoms with E-state index >= 15 is 0 Å². The molecule has 0 aliphatic carbocycles. The van der Waals surface area contributed by atoms with E-state index in [1.807, 2.05) is 12.1 Å². The van der Waals surface area contributed by atoms with Gasteiger partial charge in [0.05, 0.1) is 25.3 Å². The second-order valence-corrected chi connectivity index (χ2v) is 9.81. The highest BCUT2D eigenvalue weighted by Crippen LogP contribution is 2.34. The van der Waals surface area contributed by atoms with E-state index in [1.54, 1.807) is 25.1 Å². The van der Waals surface area contributed by atoms with Crippen LogP contribution in [0.1, 0.15) is 23.0 Å². The highest BCUT2D eigenvalue weighted by molar-refractivity contribution is 14.1. The molecule has 0 saturated carbocycles. The van der Waals surface area contributed by atoms with Crippen LogP contribution in [-0.4, -0.2) is 31.3 Å². The van der Waals surface area contributed by atoms with Gasteiger partial charge in [0.1, 0.15) is 11.3 Å². The normalized spacial score (nSPS) is 11.1. The predicted molar refractivity (Wildman–Crippen MR) is 136 cm³/mol. The Bertz CT molecular complexity index is 1160. The summed E-state index contributed by atoms with van der Waals surface area (Å²) in [4.78, 5) is 23.8. The number of benzene rings is 2. The molecule has 3 rings (SSSR count). The Labute approximate surface area is 216 Å². The molecule has 0 aliphatic rings. The Balaban J connectivity index is 1.67. The van der Waals surface area contributed by atoms with Crippen LogP contribution < -0.4 is 10.2 Å². The summed E-state index contributed by atoms with van der Waals surface area (Å²) in [5, 5.41) is 4.80. The van der Waals surface area contributed by atoms with Crippen molar-refractivity contribution in [3.8, 4) is 5.75 Å². The molecule has 0 radical (unpaired) electrons. The van der Waals surface area contributed by atoms with Crippen LogP contribution >= 0.6 is 70.4 Å². The lowest BCUT2D eigenvalue weighted by Gasteiger charge is -2.10. The molecule has 0 fully saturated rings. The molecule has 0 unspecified atom stereocenters. The van der Waals surface area contributed by atoms with Crippen molar-refractivity contribution in [2.45, 2.75) is 6.92 Å². The highest BCUT2D eigenvalue weighted by Gasteiger charge is 2.15. The molecule has 0 bridgehead atoms. The molecule has 7 nitrogen and oxygen atoms in total. The van der Waals surface area contributed by atoms with E-state index in [1.165, 1.54) is 6.21 Å². The number of nitrogens with one attached hydrogen (secondary N) is 1. The molecule has 1 N–H and O–H groups in total. The molecular formula is C20H14Br3IN2O5. The molecule has 0 saturated heterocycles. The summed E-state index contributed by atoms with van der Waals surface area (Å²) in [5.74, 6) is -0.306. The number of carbonyl (C=O) groups excluding carboxylic acids is 2. The summed E-state index contributed by atoms with van der Waals surface area (Å²) in [5.41, 5.74) is 3.78. The van der Waals surface area contributed by atoms with Crippen LogP contribution in [0.2, 0.25) is 0 Å². The van der Waals surface area contributed by atoms with Crippen LogP contribution in [0.25, 0.3) is 11.0 Å². The second-order valence-electron chi connectivity index (χ2n) is 6.02. The van der Waals surface area contributed by atoms with E-state index in [0.717, 1.165) is 13.4 Å². The smallest absolute Gasteiger partial charge is 0.344 e. The summed E-state index contributed by atoms with van der Waals surface area (Å²) in [7, 11) is 0. The molecule has 0 spiro atoms. The number of rotatable bonds is 7. The third kappa shape index (κ3) is 6.30. The van der Waals surface area contributed by atoms with Gasteiger partial charge in [-0.1, -0.05) is 15.9 Å². The molecule has 1 heterocycles. The number of amides is 1. The summed E-state index contributed by atoms with van der Waals surface area (Å²) in [6, 6.07) is 8.92. The molecule has 1 aromatic heterocycles. The minimum Gasteiger partial charge on any atom is -0.480 e. The average molecular weight is 729 g/mol. The molecule has 162 valence electrons. The first kappa shape index (κ1) is 24.2. The van der Waals surface area contributed by atoms with E-state index in [4.69, 9.17) is 13.9 Å². The first-order valence-corrected chi connectivity index (χ1v) is 12.2. The zero-order chi connectivity index (χ0) is 22.5. The van der Waals surface area contributed by atoms with Gasteiger partial charge in [0.25, 0.3) is 0 Å². The number of fused-ring (bicyclic) bond motifs is 1. The van der Waals surface area contributed by atoms with Gasteiger partial charge in [0, 0.05) is 9.86 Å². The molecule has 31 heavy (non-hydrogen) atoms. The monoisotopic (exact) mass is 726 g/mol. The van der Waals surface area contributed by atoms with Crippen molar-refractivity contribution in [3.05, 3.63) is 58.6 Å². The van der Waals surface area contributed by atoms with Crippen LogP contribution in [0.3, 0.4) is 0 Å². The van der Waals surface area contributed by atoms with Crippen molar-refractivity contribution >= 4 is 99.4 Å². The maximum absolute atomic E-state index is 12.4. The minimum absolute atomic E-state index is 0.160. The molecule has 11 heteroatoms. The number of ether oxygens (including phenoxy) is 2. The number of hydrazone groups is 1. The summed E-state index contributed by atoms with van der Waals surface area (Å²) in [6.45, 7) is 1.81. The number of carbonyl (C=O) groups is 2. The van der Waals surface area contributed by atoms with Gasteiger partial charge in [0.15, 0.2) is 12.4 Å². The topological polar surface area (TPSA) is 90.1 Å². The van der Waals surface area contributed by atoms with Gasteiger partial charge < -0.3 is 13.9 Å². The minimum atomic E-state index is -0.466. The number of hydrogen-bond acceptors (Lipinski definition) is 6. The van der Waals surface area contributed by atoms with Crippen molar-refractivity contribution in [1.29, 1.82) is 0 Å². The van der Waals surface area contributed by atoms with Crippen molar-refractivity contribution in [2.75, 3.05) is 13.2 Å². The van der Waals surface area contributed by atoms with Crippen molar-refractivity contribution in [2.24, 2.45) is 5.10 Å². The van der Waals surface area contributed by atoms with E-state index in [-0.39, 0.29) is 19.0 Å². The summed E-state index contributed by atoms with van der Waals surface area (Å²) in [6.07, 6.45) is 1.48. The molecule has 1 amide bonds. The maximum Gasteiger partial charge on any atom is 0.344 e. The fourth-order valence-corrected chi connectivity index (χ4v) is 5.65. The summed E-state index contributed by atoms with van der Waals surface area (Å²) >= 11 is 12.4. The Morgan fingerprint density at radius 3 is 2.55 bits per heavy atom. The Morgan fingerprint density at radius 2 is 1.87 bits per heavy atom. The van der Waals surface area contributed by atoms with Gasteiger partial charge in [-0.3, -0.25) is 4.79 Å². The molecular weight excluding hydrogens is 715 g/mol. The van der Waals surface area contributed by atoms with E-state index < -0.39 is 11.9 Å². The van der Waals surface area contributed by atoms with Crippen LogP contribution in [0.5, 0.6) is 5.75 Å². The lowest BCUT2D eigenvalue weighted by molar-refractivity contribution is -0.145. The van der Waals surface area contributed by atoms with Gasteiger partial charge in [-0.2, -0.15) is 5.10 Å². The Kier molecular flexibility index (Phi) is 8.53. The number of nitrogens with zero attached hydrogens (tertiary/aromatic N) is 1. The molecule has 0 aliphatic heterocycles. The number of halogens is 4. The maximum atomic E-state index is 12.4. The largest absolute Gasteiger partial charge is 0.480 e. The number of hydrogen-bond donors (Lipinski definition) is 1. The van der Waals surface area contributed by atoms with Gasteiger partial charge in [-0.15, -0.1) is 0 Å². The first-order chi connectivity index (χ1) is 14.8. The number of furan rings is 1. The quantitative estimate of drug-likeness (QED) is 0.139. The lowest BCUT2D eigenvalue weighted by Crippen LogP contribution is -2.16. The standard InChI is InChI=1S/C20H14Br3IN2O5/c1-2-29-17(27)9-30-19-13(22)3-10(4-14(19)23)8-25-26-20(28)16-6-11-5-12(21)7-15(24)18(11)31-16/h3-8H,2,9H2,1H3,(H,26,28)/b25-8-. The third-order valence-electron chi connectivity index (χ3n) is 3.80. The first-order valence-electron chi connectivity index (χ1n) is 8.78. The second kappa shape index (κ2) is 10.9. The fraction of sp³-hybridized carbons (Fsp3) is 0.150. The Morgan fingerprint density at radius 1 is 1.16 bits per heavy atom. The lowest BCUT2D eigenvalue weighted by atomic mass is 10.2. The zero-order valence-electron chi connectivity index (χ0n) is 15.9. The molecule has 0 atom stereocenters. The van der Waals surface area contributed by atoms with Crippen LogP contribution in [-0.2, 0) is 9.53 Å². The van der Waals surface area contributed by atoms with E-state index in [9.17, 15) is 9.59 Å². The highest BCUT2D eigenvalue weighted by atomic mass is 127. The van der Waals surface area contributed by atoms with Gasteiger partial charge in [-0.05, 0) is 97.3 Å².